The lowest BCUT2D eigenvalue weighted by Crippen LogP contribution is -2.30. The number of para-hydroxylation sites is 1. The number of hydrogen-bond donors (Lipinski definition) is 2. The van der Waals surface area contributed by atoms with Gasteiger partial charge in [-0.1, -0.05) is 30.3 Å². The van der Waals surface area contributed by atoms with Crippen LogP contribution >= 0.6 is 0 Å². The third-order valence-corrected chi connectivity index (χ3v) is 3.67. The molecule has 1 unspecified atom stereocenters. The summed E-state index contributed by atoms with van der Waals surface area (Å²) in [4.78, 5) is 9.06. The Kier molecular flexibility index (Phi) is 3.64. The number of fused-ring (bicyclic) bond motifs is 1. The first-order valence-electron chi connectivity index (χ1n) is 6.93. The molecule has 0 fully saturated rings. The summed E-state index contributed by atoms with van der Waals surface area (Å²) in [5, 5.41) is 1.10. The average Bonchev–Trinajstić information content (AvgIpc) is 2.50. The molecule has 2 aromatic heterocycles. The number of nitrogens with zero attached hydrogens (tertiary/aromatic N) is 2. The van der Waals surface area contributed by atoms with Gasteiger partial charge < -0.3 is 0 Å². The maximum absolute atomic E-state index is 5.82. The number of nitrogens with two attached hydrogens (primary N) is 1. The molecule has 0 saturated carbocycles. The second kappa shape index (κ2) is 5.60. The molecule has 0 bridgehead atoms. The van der Waals surface area contributed by atoms with Crippen LogP contribution in [0.3, 0.4) is 0 Å². The maximum atomic E-state index is 5.82. The van der Waals surface area contributed by atoms with Gasteiger partial charge in [0.05, 0.1) is 17.3 Å². The number of rotatable bonds is 3. The number of aromatic nitrogens is 2. The van der Waals surface area contributed by atoms with E-state index in [2.05, 4.69) is 40.5 Å². The Morgan fingerprint density at radius 3 is 2.67 bits per heavy atom. The Labute approximate surface area is 124 Å². The molecule has 0 radical (unpaired) electrons. The first-order valence-corrected chi connectivity index (χ1v) is 6.93. The fraction of sp³-hybridized carbons (Fsp3) is 0.176. The number of benzene rings is 1. The van der Waals surface area contributed by atoms with E-state index in [4.69, 9.17) is 5.84 Å². The Morgan fingerprint density at radius 2 is 1.90 bits per heavy atom. The second-order valence-corrected chi connectivity index (χ2v) is 5.24. The van der Waals surface area contributed by atoms with Crippen LogP contribution in [0.4, 0.5) is 0 Å². The molecule has 1 atom stereocenters. The summed E-state index contributed by atoms with van der Waals surface area (Å²) in [6, 6.07) is 12.0. The van der Waals surface area contributed by atoms with E-state index in [0.717, 1.165) is 33.3 Å². The molecule has 106 valence electrons. The van der Waals surface area contributed by atoms with E-state index in [9.17, 15) is 0 Å². The normalized spacial score (nSPS) is 12.5. The predicted molar refractivity (Wildman–Crippen MR) is 84.6 cm³/mol. The number of hydrogen-bond acceptors (Lipinski definition) is 4. The van der Waals surface area contributed by atoms with Crippen LogP contribution in [-0.4, -0.2) is 9.97 Å². The maximum Gasteiger partial charge on any atom is 0.0905 e. The van der Waals surface area contributed by atoms with Gasteiger partial charge in [0.2, 0.25) is 0 Å². The molecule has 3 N–H and O–H groups in total. The molecular formula is C17H18N4. The van der Waals surface area contributed by atoms with Gasteiger partial charge in [0, 0.05) is 23.3 Å². The van der Waals surface area contributed by atoms with Crippen molar-refractivity contribution >= 4 is 10.9 Å². The SMILES string of the molecule is Cc1cnc(C(NN)c2cccc3cccnc23)c(C)c1. The van der Waals surface area contributed by atoms with Gasteiger partial charge in [0.1, 0.15) is 0 Å². The minimum absolute atomic E-state index is 0.177. The van der Waals surface area contributed by atoms with Crippen LogP contribution < -0.4 is 11.3 Å². The highest BCUT2D eigenvalue weighted by Gasteiger charge is 2.19. The highest BCUT2D eigenvalue weighted by atomic mass is 15.2. The standard InChI is InChI=1S/C17H18N4/c1-11-9-12(2)15(20-10-11)17(21-18)14-7-3-5-13-6-4-8-19-16(13)14/h3-10,17,21H,18H2,1-2H3. The third-order valence-electron chi connectivity index (χ3n) is 3.67. The number of aryl methyl sites for hydroxylation is 2. The molecule has 2 heterocycles. The summed E-state index contributed by atoms with van der Waals surface area (Å²) in [7, 11) is 0. The molecule has 0 aliphatic heterocycles. The van der Waals surface area contributed by atoms with Crippen molar-refractivity contribution in [2.24, 2.45) is 5.84 Å². The number of nitrogens with one attached hydrogen (secondary N) is 1. The van der Waals surface area contributed by atoms with E-state index in [1.54, 1.807) is 6.20 Å². The van der Waals surface area contributed by atoms with Gasteiger partial charge in [-0.25, -0.2) is 5.43 Å². The quantitative estimate of drug-likeness (QED) is 0.571. The Morgan fingerprint density at radius 1 is 1.10 bits per heavy atom. The number of pyridine rings is 2. The van der Waals surface area contributed by atoms with Crippen LogP contribution in [0.5, 0.6) is 0 Å². The van der Waals surface area contributed by atoms with E-state index in [1.165, 1.54) is 0 Å². The molecule has 0 amide bonds. The zero-order valence-corrected chi connectivity index (χ0v) is 12.2. The van der Waals surface area contributed by atoms with Gasteiger partial charge in [-0.05, 0) is 31.0 Å². The van der Waals surface area contributed by atoms with E-state index in [0.29, 0.717) is 0 Å². The zero-order chi connectivity index (χ0) is 14.8. The highest BCUT2D eigenvalue weighted by Crippen LogP contribution is 2.27. The largest absolute Gasteiger partial charge is 0.271 e. The Balaban J connectivity index is 2.18. The highest BCUT2D eigenvalue weighted by molar-refractivity contribution is 5.82. The van der Waals surface area contributed by atoms with Crippen molar-refractivity contribution in [3.05, 3.63) is 71.2 Å². The summed E-state index contributed by atoms with van der Waals surface area (Å²) in [5.74, 6) is 5.82. The van der Waals surface area contributed by atoms with Gasteiger partial charge in [-0.2, -0.15) is 0 Å². The van der Waals surface area contributed by atoms with Crippen molar-refractivity contribution < 1.29 is 0 Å². The van der Waals surface area contributed by atoms with E-state index in [1.807, 2.05) is 31.3 Å². The topological polar surface area (TPSA) is 63.8 Å². The minimum Gasteiger partial charge on any atom is -0.271 e. The summed E-state index contributed by atoms with van der Waals surface area (Å²) in [6.45, 7) is 4.09. The molecule has 21 heavy (non-hydrogen) atoms. The lowest BCUT2D eigenvalue weighted by molar-refractivity contribution is 0.619. The zero-order valence-electron chi connectivity index (χ0n) is 12.2. The van der Waals surface area contributed by atoms with Crippen LogP contribution in [0.1, 0.15) is 28.4 Å². The van der Waals surface area contributed by atoms with Crippen molar-refractivity contribution in [1.82, 2.24) is 15.4 Å². The van der Waals surface area contributed by atoms with Crippen LogP contribution in [-0.2, 0) is 0 Å². The summed E-state index contributed by atoms with van der Waals surface area (Å²) in [5.41, 5.74) is 8.06. The summed E-state index contributed by atoms with van der Waals surface area (Å²) in [6.07, 6.45) is 3.67. The molecule has 4 heteroatoms. The fourth-order valence-electron chi connectivity index (χ4n) is 2.70. The average molecular weight is 278 g/mol. The van der Waals surface area contributed by atoms with Crippen molar-refractivity contribution in [2.45, 2.75) is 19.9 Å². The summed E-state index contributed by atoms with van der Waals surface area (Å²) >= 11 is 0. The molecule has 1 aromatic carbocycles. The Bertz CT molecular complexity index is 777. The van der Waals surface area contributed by atoms with Gasteiger partial charge in [-0.15, -0.1) is 0 Å². The van der Waals surface area contributed by atoms with Gasteiger partial charge in [0.25, 0.3) is 0 Å². The smallest absolute Gasteiger partial charge is 0.0905 e. The molecule has 0 aliphatic carbocycles. The molecule has 0 aliphatic rings. The third kappa shape index (κ3) is 2.51. The van der Waals surface area contributed by atoms with Crippen LogP contribution in [0.2, 0.25) is 0 Å². The van der Waals surface area contributed by atoms with Crippen molar-refractivity contribution in [3.8, 4) is 0 Å². The van der Waals surface area contributed by atoms with Crippen molar-refractivity contribution in [1.29, 1.82) is 0 Å². The minimum atomic E-state index is -0.177. The first-order chi connectivity index (χ1) is 10.2. The molecule has 4 nitrogen and oxygen atoms in total. The first kappa shape index (κ1) is 13.7. The molecular weight excluding hydrogens is 260 g/mol. The van der Waals surface area contributed by atoms with Gasteiger partial charge >= 0.3 is 0 Å². The van der Waals surface area contributed by atoms with Crippen molar-refractivity contribution in [3.63, 3.8) is 0 Å². The monoisotopic (exact) mass is 278 g/mol. The lowest BCUT2D eigenvalue weighted by atomic mass is 9.97. The number of hydrazine groups is 1. The molecule has 0 spiro atoms. The van der Waals surface area contributed by atoms with Crippen LogP contribution in [0.15, 0.2) is 48.8 Å². The molecule has 3 aromatic rings. The predicted octanol–water partition coefficient (Wildman–Crippen LogP) is 2.80. The van der Waals surface area contributed by atoms with E-state index in [-0.39, 0.29) is 6.04 Å². The van der Waals surface area contributed by atoms with E-state index >= 15 is 0 Å². The van der Waals surface area contributed by atoms with Gasteiger partial charge in [-0.3, -0.25) is 15.8 Å². The van der Waals surface area contributed by atoms with Crippen molar-refractivity contribution in [2.75, 3.05) is 0 Å². The van der Waals surface area contributed by atoms with Crippen LogP contribution in [0.25, 0.3) is 10.9 Å². The lowest BCUT2D eigenvalue weighted by Gasteiger charge is -2.19. The van der Waals surface area contributed by atoms with Crippen LogP contribution in [0, 0.1) is 13.8 Å². The molecule has 0 saturated heterocycles. The summed E-state index contributed by atoms with van der Waals surface area (Å²) < 4.78 is 0. The fourth-order valence-corrected chi connectivity index (χ4v) is 2.70. The van der Waals surface area contributed by atoms with Gasteiger partial charge in [0.15, 0.2) is 0 Å². The molecule has 3 rings (SSSR count). The second-order valence-electron chi connectivity index (χ2n) is 5.24. The Hall–Kier alpha value is -2.30. The van der Waals surface area contributed by atoms with E-state index < -0.39 is 0 Å².